The highest BCUT2D eigenvalue weighted by molar-refractivity contribution is 5.10. The number of nitrogens with zero attached hydrogens (tertiary/aromatic N) is 2. The third kappa shape index (κ3) is 5.04. The van der Waals surface area contributed by atoms with Crippen molar-refractivity contribution in [1.29, 1.82) is 0 Å². The minimum atomic E-state index is -0.271. The van der Waals surface area contributed by atoms with Gasteiger partial charge in [0.25, 0.3) is 0 Å². The second kappa shape index (κ2) is 7.85. The van der Waals surface area contributed by atoms with Crippen LogP contribution in [0, 0.1) is 11.7 Å². The monoisotopic (exact) mass is 293 g/mol. The Hall–Kier alpha value is -1.00. The highest BCUT2D eigenvalue weighted by Crippen LogP contribution is 2.34. The van der Waals surface area contributed by atoms with E-state index in [2.05, 4.69) is 36.1 Å². The lowest BCUT2D eigenvalue weighted by Gasteiger charge is -2.27. The van der Waals surface area contributed by atoms with Gasteiger partial charge in [-0.15, -0.1) is 0 Å². The largest absolute Gasteiger partial charge is 0.309 e. The van der Waals surface area contributed by atoms with Gasteiger partial charge in [-0.2, -0.15) is 0 Å². The molecule has 4 heteroatoms. The van der Waals surface area contributed by atoms with Gasteiger partial charge in [-0.05, 0) is 70.8 Å². The summed E-state index contributed by atoms with van der Waals surface area (Å²) >= 11 is 0. The molecule has 2 rings (SSSR count). The van der Waals surface area contributed by atoms with E-state index in [9.17, 15) is 4.39 Å². The maximum absolute atomic E-state index is 13.0. The van der Waals surface area contributed by atoms with Crippen molar-refractivity contribution < 1.29 is 4.39 Å². The molecule has 0 saturated heterocycles. The Kier molecular flexibility index (Phi) is 6.12. The molecule has 0 aliphatic heterocycles. The fraction of sp³-hybridized carbons (Fsp3) is 0.706. The van der Waals surface area contributed by atoms with Crippen molar-refractivity contribution >= 4 is 0 Å². The zero-order chi connectivity index (χ0) is 15.2. The summed E-state index contributed by atoms with van der Waals surface area (Å²) in [4.78, 5) is 6.69. The first kappa shape index (κ1) is 16.4. The Bertz CT molecular complexity index is 417. The van der Waals surface area contributed by atoms with Crippen LogP contribution in [-0.2, 0) is 0 Å². The molecular formula is C17H28FN3. The van der Waals surface area contributed by atoms with Gasteiger partial charge in [0.2, 0.25) is 0 Å². The summed E-state index contributed by atoms with van der Waals surface area (Å²) in [6.45, 7) is 6.48. The summed E-state index contributed by atoms with van der Waals surface area (Å²) in [5.74, 6) is 0.619. The molecule has 3 nitrogen and oxygen atoms in total. The first-order valence-electron chi connectivity index (χ1n) is 8.17. The molecular weight excluding hydrogens is 265 g/mol. The van der Waals surface area contributed by atoms with Crippen molar-refractivity contribution in [3.8, 4) is 0 Å². The van der Waals surface area contributed by atoms with Gasteiger partial charge in [0.15, 0.2) is 0 Å². The Morgan fingerprint density at radius 3 is 2.76 bits per heavy atom. The van der Waals surface area contributed by atoms with Gasteiger partial charge < -0.3 is 10.2 Å². The molecule has 0 amide bonds. The number of hydrogen-bond acceptors (Lipinski definition) is 3. The summed E-state index contributed by atoms with van der Waals surface area (Å²) in [5, 5.41) is 3.53. The Morgan fingerprint density at radius 2 is 2.19 bits per heavy atom. The number of aromatic nitrogens is 1. The second-order valence-electron chi connectivity index (χ2n) is 6.26. The predicted molar refractivity (Wildman–Crippen MR) is 84.7 cm³/mol. The van der Waals surface area contributed by atoms with Crippen LogP contribution >= 0.6 is 0 Å². The number of hydrogen-bond donors (Lipinski definition) is 1. The highest BCUT2D eigenvalue weighted by atomic mass is 19.1. The molecule has 1 aromatic heterocycles. The lowest BCUT2D eigenvalue weighted by atomic mass is 10.1. The number of nitrogens with one attached hydrogen (secondary N) is 1. The summed E-state index contributed by atoms with van der Waals surface area (Å²) in [6, 6.07) is 4.17. The average molecular weight is 293 g/mol. The van der Waals surface area contributed by atoms with Crippen LogP contribution in [0.5, 0.6) is 0 Å². The summed E-state index contributed by atoms with van der Waals surface area (Å²) in [5.41, 5.74) is 0.942. The van der Waals surface area contributed by atoms with Crippen molar-refractivity contribution in [1.82, 2.24) is 15.2 Å². The van der Waals surface area contributed by atoms with E-state index >= 15 is 0 Å². The van der Waals surface area contributed by atoms with Crippen molar-refractivity contribution in [3.63, 3.8) is 0 Å². The van der Waals surface area contributed by atoms with E-state index in [0.29, 0.717) is 6.04 Å². The van der Waals surface area contributed by atoms with E-state index in [1.54, 1.807) is 6.07 Å². The van der Waals surface area contributed by atoms with Gasteiger partial charge in [-0.25, -0.2) is 4.39 Å². The van der Waals surface area contributed by atoms with Crippen LogP contribution in [0.1, 0.15) is 51.3 Å². The van der Waals surface area contributed by atoms with Crippen LogP contribution in [0.4, 0.5) is 4.39 Å². The number of halogens is 1. The molecule has 1 saturated carbocycles. The van der Waals surface area contributed by atoms with Gasteiger partial charge in [0.1, 0.15) is 5.82 Å². The van der Waals surface area contributed by atoms with Gasteiger partial charge in [0.05, 0.1) is 17.9 Å². The van der Waals surface area contributed by atoms with Crippen LogP contribution in [0.3, 0.4) is 0 Å². The topological polar surface area (TPSA) is 28.2 Å². The second-order valence-corrected chi connectivity index (χ2v) is 6.26. The Labute approximate surface area is 127 Å². The van der Waals surface area contributed by atoms with E-state index in [1.165, 1.54) is 25.1 Å². The highest BCUT2D eigenvalue weighted by Gasteiger charge is 2.30. The molecule has 2 unspecified atom stereocenters. The quantitative estimate of drug-likeness (QED) is 0.756. The lowest BCUT2D eigenvalue weighted by Crippen LogP contribution is -2.34. The molecule has 1 aliphatic carbocycles. The molecule has 118 valence electrons. The normalized spacial score (nSPS) is 18.0. The molecule has 0 spiro atoms. The molecule has 1 aromatic rings. The third-order valence-corrected chi connectivity index (χ3v) is 4.52. The standard InChI is InChI=1S/C17H28FN3/c1-4-10-19-17(16-8-7-15(18)12-20-16)9-11-21(3)13(2)14-5-6-14/h7-8,12-14,17,19H,4-6,9-11H2,1-3H3. The maximum Gasteiger partial charge on any atom is 0.141 e. The number of pyridine rings is 1. The molecule has 0 aromatic carbocycles. The van der Waals surface area contributed by atoms with Crippen molar-refractivity contribution in [2.45, 2.75) is 51.6 Å². The summed E-state index contributed by atoms with van der Waals surface area (Å²) < 4.78 is 13.0. The smallest absolute Gasteiger partial charge is 0.141 e. The van der Waals surface area contributed by atoms with E-state index in [1.807, 2.05) is 0 Å². The molecule has 1 fully saturated rings. The van der Waals surface area contributed by atoms with E-state index in [0.717, 1.165) is 37.5 Å². The predicted octanol–water partition coefficient (Wildman–Crippen LogP) is 3.38. The van der Waals surface area contributed by atoms with E-state index in [-0.39, 0.29) is 11.9 Å². The SMILES string of the molecule is CCCNC(CCN(C)C(C)C1CC1)c1ccc(F)cn1. The minimum absolute atomic E-state index is 0.208. The Morgan fingerprint density at radius 1 is 1.43 bits per heavy atom. The molecule has 1 heterocycles. The van der Waals surface area contributed by atoms with Crippen molar-refractivity contribution in [2.24, 2.45) is 5.92 Å². The van der Waals surface area contributed by atoms with Crippen molar-refractivity contribution in [3.05, 3.63) is 29.8 Å². The van der Waals surface area contributed by atoms with Gasteiger partial charge in [0, 0.05) is 6.04 Å². The first-order valence-corrected chi connectivity index (χ1v) is 8.17. The zero-order valence-corrected chi connectivity index (χ0v) is 13.5. The molecule has 21 heavy (non-hydrogen) atoms. The van der Waals surface area contributed by atoms with Crippen LogP contribution in [0.25, 0.3) is 0 Å². The van der Waals surface area contributed by atoms with E-state index < -0.39 is 0 Å². The number of rotatable bonds is 9. The van der Waals surface area contributed by atoms with Crippen LogP contribution < -0.4 is 5.32 Å². The van der Waals surface area contributed by atoms with Gasteiger partial charge >= 0.3 is 0 Å². The molecule has 1 aliphatic rings. The first-order chi connectivity index (χ1) is 10.1. The van der Waals surface area contributed by atoms with Crippen molar-refractivity contribution in [2.75, 3.05) is 20.1 Å². The average Bonchev–Trinajstić information content (AvgIpc) is 3.32. The fourth-order valence-corrected chi connectivity index (χ4v) is 2.74. The molecule has 2 atom stereocenters. The minimum Gasteiger partial charge on any atom is -0.309 e. The Balaban J connectivity index is 1.90. The maximum atomic E-state index is 13.0. The van der Waals surface area contributed by atoms with Gasteiger partial charge in [-0.3, -0.25) is 4.98 Å². The lowest BCUT2D eigenvalue weighted by molar-refractivity contribution is 0.221. The molecule has 0 bridgehead atoms. The molecule has 1 N–H and O–H groups in total. The fourth-order valence-electron chi connectivity index (χ4n) is 2.74. The van der Waals surface area contributed by atoms with Crippen LogP contribution in [-0.4, -0.2) is 36.1 Å². The summed E-state index contributed by atoms with van der Waals surface area (Å²) in [6.07, 6.45) is 6.16. The zero-order valence-electron chi connectivity index (χ0n) is 13.5. The van der Waals surface area contributed by atoms with E-state index in [4.69, 9.17) is 0 Å². The van der Waals surface area contributed by atoms with Gasteiger partial charge in [-0.1, -0.05) is 6.92 Å². The van der Waals surface area contributed by atoms with Crippen LogP contribution in [0.2, 0.25) is 0 Å². The third-order valence-electron chi connectivity index (χ3n) is 4.52. The molecule has 0 radical (unpaired) electrons. The van der Waals surface area contributed by atoms with Crippen LogP contribution in [0.15, 0.2) is 18.3 Å². The summed E-state index contributed by atoms with van der Waals surface area (Å²) in [7, 11) is 2.21.